The van der Waals surface area contributed by atoms with Crippen LogP contribution in [0.4, 0.5) is 0 Å². The summed E-state index contributed by atoms with van der Waals surface area (Å²) in [4.78, 5) is 33.0. The molecule has 1 aromatic rings. The molecule has 1 rings (SSSR count). The number of ether oxygens (including phenoxy) is 1. The zero-order valence-corrected chi connectivity index (χ0v) is 8.63. The van der Waals surface area contributed by atoms with E-state index < -0.39 is 40.3 Å². The number of carbonyl (C=O) groups is 3. The van der Waals surface area contributed by atoms with Gasteiger partial charge in [0.15, 0.2) is 0 Å². The van der Waals surface area contributed by atoms with E-state index in [0.29, 0.717) is 0 Å². The van der Waals surface area contributed by atoms with Crippen molar-refractivity contribution in [3.8, 4) is 5.75 Å². The predicted molar refractivity (Wildman–Crippen MR) is 53.4 cm³/mol. The highest BCUT2D eigenvalue weighted by Crippen LogP contribution is 2.23. The highest BCUT2D eigenvalue weighted by Gasteiger charge is 2.25. The number of rotatable bonds is 3. The van der Waals surface area contributed by atoms with Crippen molar-refractivity contribution in [3.05, 3.63) is 28.8 Å². The second kappa shape index (κ2) is 4.52. The second-order valence-corrected chi connectivity index (χ2v) is 3.02. The molecule has 1 aromatic carbocycles. The van der Waals surface area contributed by atoms with Crippen LogP contribution in [-0.2, 0) is 4.74 Å². The molecule has 0 bridgehead atoms. The number of methoxy groups -OCH3 is 1. The molecule has 7 nitrogen and oxygen atoms in total. The molecule has 3 N–H and O–H groups in total. The van der Waals surface area contributed by atoms with E-state index in [-0.39, 0.29) is 0 Å². The maximum Gasteiger partial charge on any atom is 0.338 e. The molecule has 0 saturated heterocycles. The number of carboxylic acid groups (broad SMARTS) is 2. The van der Waals surface area contributed by atoms with Crippen LogP contribution < -0.4 is 0 Å². The smallest absolute Gasteiger partial charge is 0.338 e. The topological polar surface area (TPSA) is 121 Å². The molecule has 0 aliphatic rings. The molecule has 0 atom stereocenters. The van der Waals surface area contributed by atoms with Gasteiger partial charge in [-0.3, -0.25) is 0 Å². The highest BCUT2D eigenvalue weighted by molar-refractivity contribution is 6.09. The fraction of sp³-hybridized carbons (Fsp3) is 0.100. The first-order chi connectivity index (χ1) is 7.88. The van der Waals surface area contributed by atoms with Crippen molar-refractivity contribution in [2.45, 2.75) is 0 Å². The van der Waals surface area contributed by atoms with Crippen LogP contribution >= 0.6 is 0 Å². The minimum Gasteiger partial charge on any atom is -0.508 e. The predicted octanol–water partition coefficient (Wildman–Crippen LogP) is 0.575. The fourth-order valence-electron chi connectivity index (χ4n) is 1.30. The number of phenols is 1. The van der Waals surface area contributed by atoms with Gasteiger partial charge in [-0.25, -0.2) is 14.4 Å². The first-order valence-electron chi connectivity index (χ1n) is 4.30. The summed E-state index contributed by atoms with van der Waals surface area (Å²) in [5.41, 5.74) is -1.92. The molecule has 17 heavy (non-hydrogen) atoms. The SMILES string of the molecule is COC(=O)c1cc(O)cc(C(=O)O)c1C(=O)O. The van der Waals surface area contributed by atoms with Crippen molar-refractivity contribution < 1.29 is 34.4 Å². The summed E-state index contributed by atoms with van der Waals surface area (Å²) < 4.78 is 4.31. The Bertz CT molecular complexity index is 504. The van der Waals surface area contributed by atoms with Gasteiger partial charge in [0.05, 0.1) is 23.8 Å². The normalized spacial score (nSPS) is 9.71. The molecule has 0 unspecified atom stereocenters. The largest absolute Gasteiger partial charge is 0.508 e. The molecule has 0 heterocycles. The summed E-state index contributed by atoms with van der Waals surface area (Å²) in [6.45, 7) is 0. The Morgan fingerprint density at radius 2 is 1.59 bits per heavy atom. The van der Waals surface area contributed by atoms with Crippen LogP contribution in [0.2, 0.25) is 0 Å². The summed E-state index contributed by atoms with van der Waals surface area (Å²) >= 11 is 0. The number of hydrogen-bond acceptors (Lipinski definition) is 5. The number of phenolic OH excluding ortho intramolecular Hbond substituents is 1. The molecule has 90 valence electrons. The van der Waals surface area contributed by atoms with Gasteiger partial charge in [0, 0.05) is 0 Å². The van der Waals surface area contributed by atoms with Gasteiger partial charge in [0.25, 0.3) is 0 Å². The Balaban J connectivity index is 3.63. The zero-order chi connectivity index (χ0) is 13.2. The number of carbonyl (C=O) groups excluding carboxylic acids is 1. The number of aromatic carboxylic acids is 2. The van der Waals surface area contributed by atoms with Crippen molar-refractivity contribution in [2.75, 3.05) is 7.11 Å². The van der Waals surface area contributed by atoms with Crippen molar-refractivity contribution in [1.82, 2.24) is 0 Å². The van der Waals surface area contributed by atoms with Gasteiger partial charge in [-0.05, 0) is 12.1 Å². The number of hydrogen-bond donors (Lipinski definition) is 3. The van der Waals surface area contributed by atoms with Crippen LogP contribution in [0.25, 0.3) is 0 Å². The summed E-state index contributed by atoms with van der Waals surface area (Å²) in [6, 6.07) is 1.58. The van der Waals surface area contributed by atoms with Gasteiger partial charge >= 0.3 is 17.9 Å². The third-order valence-electron chi connectivity index (χ3n) is 1.97. The third-order valence-corrected chi connectivity index (χ3v) is 1.97. The van der Waals surface area contributed by atoms with E-state index in [0.717, 1.165) is 19.2 Å². The average Bonchev–Trinajstić information content (AvgIpc) is 2.26. The van der Waals surface area contributed by atoms with Crippen molar-refractivity contribution in [3.63, 3.8) is 0 Å². The zero-order valence-electron chi connectivity index (χ0n) is 8.63. The quantitative estimate of drug-likeness (QED) is 0.660. The van der Waals surface area contributed by atoms with Crippen molar-refractivity contribution in [1.29, 1.82) is 0 Å². The van der Waals surface area contributed by atoms with Crippen molar-refractivity contribution >= 4 is 17.9 Å². The molecule has 0 spiro atoms. The average molecular weight is 240 g/mol. The molecule has 0 radical (unpaired) electrons. The van der Waals surface area contributed by atoms with Gasteiger partial charge in [-0.1, -0.05) is 0 Å². The highest BCUT2D eigenvalue weighted by atomic mass is 16.5. The third kappa shape index (κ3) is 2.33. The summed E-state index contributed by atoms with van der Waals surface area (Å²) in [5.74, 6) is -4.74. The maximum absolute atomic E-state index is 11.3. The monoisotopic (exact) mass is 240 g/mol. The van der Waals surface area contributed by atoms with Crippen LogP contribution in [0.1, 0.15) is 31.1 Å². The Hall–Kier alpha value is -2.57. The molecule has 7 heteroatoms. The first kappa shape index (κ1) is 12.5. The first-order valence-corrected chi connectivity index (χ1v) is 4.30. The Morgan fingerprint density at radius 3 is 2.00 bits per heavy atom. The van der Waals surface area contributed by atoms with E-state index in [1.165, 1.54) is 0 Å². The molecular weight excluding hydrogens is 232 g/mol. The standard InChI is InChI=1S/C10H8O7/c1-17-10(16)6-3-4(11)2-5(8(12)13)7(6)9(14)15/h2-3,11H,1H3,(H,12,13)(H,14,15). The second-order valence-electron chi connectivity index (χ2n) is 3.02. The molecule has 0 fully saturated rings. The van der Waals surface area contributed by atoms with Gasteiger partial charge in [0.1, 0.15) is 5.75 Å². The Labute approximate surface area is 94.9 Å². The van der Waals surface area contributed by atoms with Crippen LogP contribution in [0.15, 0.2) is 12.1 Å². The van der Waals surface area contributed by atoms with E-state index in [1.54, 1.807) is 0 Å². The minimum absolute atomic E-state index is 0.516. The number of aromatic hydroxyl groups is 1. The maximum atomic E-state index is 11.3. The van der Waals surface area contributed by atoms with E-state index in [9.17, 15) is 19.5 Å². The molecule has 0 aliphatic carbocycles. The summed E-state index contributed by atoms with van der Waals surface area (Å²) in [6.07, 6.45) is 0. The van der Waals surface area contributed by atoms with Crippen molar-refractivity contribution in [2.24, 2.45) is 0 Å². The fourth-order valence-corrected chi connectivity index (χ4v) is 1.30. The number of esters is 1. The Morgan fingerprint density at radius 1 is 1.06 bits per heavy atom. The van der Waals surface area contributed by atoms with Crippen LogP contribution in [0.3, 0.4) is 0 Å². The minimum atomic E-state index is -1.59. The van der Waals surface area contributed by atoms with E-state index in [4.69, 9.17) is 10.2 Å². The number of carboxylic acids is 2. The molecule has 0 aromatic heterocycles. The lowest BCUT2D eigenvalue weighted by Crippen LogP contribution is -2.15. The number of benzene rings is 1. The Kier molecular flexibility index (Phi) is 3.32. The van der Waals surface area contributed by atoms with Gasteiger partial charge in [-0.2, -0.15) is 0 Å². The van der Waals surface area contributed by atoms with E-state index in [1.807, 2.05) is 0 Å². The summed E-state index contributed by atoms with van der Waals surface area (Å²) in [7, 11) is 1.01. The van der Waals surface area contributed by atoms with Crippen LogP contribution in [-0.4, -0.2) is 40.3 Å². The van der Waals surface area contributed by atoms with Gasteiger partial charge < -0.3 is 20.1 Å². The van der Waals surface area contributed by atoms with Gasteiger partial charge in [0.2, 0.25) is 0 Å². The van der Waals surface area contributed by atoms with Crippen LogP contribution in [0.5, 0.6) is 5.75 Å². The van der Waals surface area contributed by atoms with Gasteiger partial charge in [-0.15, -0.1) is 0 Å². The molecular formula is C10H8O7. The summed E-state index contributed by atoms with van der Waals surface area (Å²) in [5, 5.41) is 26.9. The molecule has 0 saturated carbocycles. The lowest BCUT2D eigenvalue weighted by Gasteiger charge is -2.08. The molecule has 0 amide bonds. The lowest BCUT2D eigenvalue weighted by atomic mass is 10.0. The van der Waals surface area contributed by atoms with E-state index in [2.05, 4.69) is 4.74 Å². The molecule has 0 aliphatic heterocycles. The van der Waals surface area contributed by atoms with E-state index >= 15 is 0 Å². The van der Waals surface area contributed by atoms with Crippen LogP contribution in [0, 0.1) is 0 Å². The lowest BCUT2D eigenvalue weighted by molar-refractivity contribution is 0.0579.